The van der Waals surface area contributed by atoms with Crippen molar-refractivity contribution in [1.82, 2.24) is 14.8 Å². The van der Waals surface area contributed by atoms with Crippen LogP contribution in [-0.4, -0.2) is 27.2 Å². The molecule has 3 heterocycles. The minimum atomic E-state index is -0.0333. The van der Waals surface area contributed by atoms with Gasteiger partial charge in [-0.05, 0) is 43.0 Å². The fraction of sp³-hybridized carbons (Fsp3) is 0.350. The van der Waals surface area contributed by atoms with E-state index in [4.69, 9.17) is 11.6 Å². The van der Waals surface area contributed by atoms with Crippen LogP contribution in [0.1, 0.15) is 47.6 Å². The monoisotopic (exact) mass is 366 g/mol. The first-order valence-electron chi connectivity index (χ1n) is 9.14. The Balaban J connectivity index is 1.48. The summed E-state index contributed by atoms with van der Waals surface area (Å²) in [7, 11) is 0. The van der Waals surface area contributed by atoms with E-state index in [1.165, 1.54) is 12.8 Å². The van der Waals surface area contributed by atoms with Crippen molar-refractivity contribution in [3.8, 4) is 0 Å². The smallest absolute Gasteiger partial charge is 0.259 e. The summed E-state index contributed by atoms with van der Waals surface area (Å²) in [5.74, 6) is -0.0333. The SMILES string of the molecule is O=C(c1cnc2c(cnn2C2CCCC2)c1)N1CCc2ccc(Cl)cc21. The van der Waals surface area contributed by atoms with E-state index in [1.54, 1.807) is 11.1 Å². The fourth-order valence-corrected chi connectivity index (χ4v) is 4.36. The van der Waals surface area contributed by atoms with Crippen molar-refractivity contribution < 1.29 is 4.79 Å². The number of nitrogens with zero attached hydrogens (tertiary/aromatic N) is 4. The van der Waals surface area contributed by atoms with Crippen molar-refractivity contribution in [3.05, 3.63) is 52.8 Å². The molecule has 0 unspecified atom stereocenters. The first kappa shape index (κ1) is 15.8. The van der Waals surface area contributed by atoms with Crippen molar-refractivity contribution in [2.45, 2.75) is 38.1 Å². The van der Waals surface area contributed by atoms with Gasteiger partial charge in [0.1, 0.15) is 0 Å². The summed E-state index contributed by atoms with van der Waals surface area (Å²) in [5.41, 5.74) is 3.53. The third kappa shape index (κ3) is 2.50. The molecule has 1 fully saturated rings. The maximum atomic E-state index is 13.0. The highest BCUT2D eigenvalue weighted by Crippen LogP contribution is 2.33. The van der Waals surface area contributed by atoms with Gasteiger partial charge in [-0.25, -0.2) is 9.67 Å². The van der Waals surface area contributed by atoms with Gasteiger partial charge in [-0.15, -0.1) is 0 Å². The van der Waals surface area contributed by atoms with Gasteiger partial charge in [0.15, 0.2) is 5.65 Å². The number of halogens is 1. The Hall–Kier alpha value is -2.40. The van der Waals surface area contributed by atoms with Crippen molar-refractivity contribution in [3.63, 3.8) is 0 Å². The Bertz CT molecular complexity index is 1010. The predicted molar refractivity (Wildman–Crippen MR) is 102 cm³/mol. The average Bonchev–Trinajstić information content (AvgIpc) is 3.38. The van der Waals surface area contributed by atoms with Crippen LogP contribution in [0.4, 0.5) is 5.69 Å². The summed E-state index contributed by atoms with van der Waals surface area (Å²) in [6, 6.07) is 8.09. The molecule has 1 aliphatic carbocycles. The number of hydrogen-bond acceptors (Lipinski definition) is 3. The van der Waals surface area contributed by atoms with Crippen molar-refractivity contribution >= 4 is 34.2 Å². The van der Waals surface area contributed by atoms with Gasteiger partial charge < -0.3 is 4.90 Å². The lowest BCUT2D eigenvalue weighted by Crippen LogP contribution is -2.29. The molecule has 2 aromatic heterocycles. The molecule has 5 nitrogen and oxygen atoms in total. The Morgan fingerprint density at radius 1 is 1.15 bits per heavy atom. The van der Waals surface area contributed by atoms with Crippen LogP contribution in [0.5, 0.6) is 0 Å². The van der Waals surface area contributed by atoms with E-state index in [0.717, 1.165) is 41.5 Å². The second kappa shape index (κ2) is 6.09. The normalized spacial score (nSPS) is 17.2. The highest BCUT2D eigenvalue weighted by Gasteiger charge is 2.27. The van der Waals surface area contributed by atoms with E-state index in [2.05, 4.69) is 10.1 Å². The van der Waals surface area contributed by atoms with Gasteiger partial charge in [-0.1, -0.05) is 30.5 Å². The molecule has 0 radical (unpaired) electrons. The molecular formula is C20H19ClN4O. The number of carbonyl (C=O) groups excluding carboxylic acids is 1. The highest BCUT2D eigenvalue weighted by atomic mass is 35.5. The van der Waals surface area contributed by atoms with E-state index < -0.39 is 0 Å². The molecule has 6 heteroatoms. The van der Waals surface area contributed by atoms with Gasteiger partial charge in [0.25, 0.3) is 5.91 Å². The number of benzene rings is 1. The molecule has 0 atom stereocenters. The molecule has 1 aromatic carbocycles. The van der Waals surface area contributed by atoms with Crippen molar-refractivity contribution in [2.24, 2.45) is 0 Å². The molecule has 1 amide bonds. The van der Waals surface area contributed by atoms with Crippen LogP contribution >= 0.6 is 11.6 Å². The molecular weight excluding hydrogens is 348 g/mol. The largest absolute Gasteiger partial charge is 0.308 e. The van der Waals surface area contributed by atoms with Crippen LogP contribution in [0, 0.1) is 0 Å². The topological polar surface area (TPSA) is 51.0 Å². The third-order valence-corrected chi connectivity index (χ3v) is 5.77. The molecule has 2 aliphatic rings. The molecule has 132 valence electrons. The molecule has 1 aliphatic heterocycles. The van der Waals surface area contributed by atoms with E-state index in [0.29, 0.717) is 23.2 Å². The van der Waals surface area contributed by atoms with Crippen LogP contribution in [0.15, 0.2) is 36.7 Å². The Kier molecular flexibility index (Phi) is 3.71. The first-order valence-corrected chi connectivity index (χ1v) is 9.52. The average molecular weight is 367 g/mol. The van der Waals surface area contributed by atoms with Crippen molar-refractivity contribution in [1.29, 1.82) is 0 Å². The zero-order chi connectivity index (χ0) is 17.7. The van der Waals surface area contributed by atoms with Crippen LogP contribution in [0.2, 0.25) is 5.02 Å². The minimum absolute atomic E-state index is 0.0333. The van der Waals surface area contributed by atoms with Crippen LogP contribution in [0.25, 0.3) is 11.0 Å². The van der Waals surface area contributed by atoms with Gasteiger partial charge in [0.2, 0.25) is 0 Å². The van der Waals surface area contributed by atoms with Gasteiger partial charge in [-0.2, -0.15) is 5.10 Å². The van der Waals surface area contributed by atoms with E-state index >= 15 is 0 Å². The Morgan fingerprint density at radius 2 is 2.00 bits per heavy atom. The maximum absolute atomic E-state index is 13.0. The number of hydrogen-bond donors (Lipinski definition) is 0. The summed E-state index contributed by atoms with van der Waals surface area (Å²) < 4.78 is 2.03. The van der Waals surface area contributed by atoms with E-state index in [-0.39, 0.29) is 5.91 Å². The van der Waals surface area contributed by atoms with Gasteiger partial charge in [0, 0.05) is 28.8 Å². The van der Waals surface area contributed by atoms with E-state index in [9.17, 15) is 4.79 Å². The van der Waals surface area contributed by atoms with Gasteiger partial charge in [-0.3, -0.25) is 4.79 Å². The lowest BCUT2D eigenvalue weighted by Gasteiger charge is -2.17. The molecule has 5 rings (SSSR count). The minimum Gasteiger partial charge on any atom is -0.308 e. The van der Waals surface area contributed by atoms with Crippen LogP contribution in [0.3, 0.4) is 0 Å². The molecule has 0 saturated heterocycles. The standard InChI is InChI=1S/C20H19ClN4O/c21-16-6-5-13-7-8-24(18(13)10-16)20(26)15-9-14-12-23-25(19(14)22-11-15)17-3-1-2-4-17/h5-6,9-12,17H,1-4,7-8H2. The fourth-order valence-electron chi connectivity index (χ4n) is 4.19. The highest BCUT2D eigenvalue weighted by molar-refractivity contribution is 6.31. The summed E-state index contributed by atoms with van der Waals surface area (Å²) in [6.07, 6.45) is 9.17. The van der Waals surface area contributed by atoms with Gasteiger partial charge in [0.05, 0.1) is 17.8 Å². The predicted octanol–water partition coefficient (Wildman–Crippen LogP) is 4.40. The zero-order valence-electron chi connectivity index (χ0n) is 14.4. The molecule has 3 aromatic rings. The zero-order valence-corrected chi connectivity index (χ0v) is 15.1. The first-order chi connectivity index (χ1) is 12.7. The third-order valence-electron chi connectivity index (χ3n) is 5.54. The number of amides is 1. The molecule has 1 saturated carbocycles. The lowest BCUT2D eigenvalue weighted by molar-refractivity contribution is 0.0989. The summed E-state index contributed by atoms with van der Waals surface area (Å²) >= 11 is 6.12. The lowest BCUT2D eigenvalue weighted by atomic mass is 10.1. The number of aromatic nitrogens is 3. The summed E-state index contributed by atoms with van der Waals surface area (Å²) in [4.78, 5) is 19.4. The Morgan fingerprint density at radius 3 is 2.85 bits per heavy atom. The second-order valence-corrected chi connectivity index (χ2v) is 7.58. The molecule has 0 N–H and O–H groups in total. The molecule has 0 bridgehead atoms. The number of carbonyl (C=O) groups is 1. The summed E-state index contributed by atoms with van der Waals surface area (Å²) in [5, 5.41) is 6.11. The second-order valence-electron chi connectivity index (χ2n) is 7.14. The van der Waals surface area contributed by atoms with E-state index in [1.807, 2.05) is 35.1 Å². The number of fused-ring (bicyclic) bond motifs is 2. The Labute approximate surface area is 156 Å². The van der Waals surface area contributed by atoms with Crippen LogP contribution in [-0.2, 0) is 6.42 Å². The van der Waals surface area contributed by atoms with Crippen LogP contribution < -0.4 is 4.90 Å². The van der Waals surface area contributed by atoms with Crippen molar-refractivity contribution in [2.75, 3.05) is 11.4 Å². The quantitative estimate of drug-likeness (QED) is 0.675. The number of anilines is 1. The van der Waals surface area contributed by atoms with Gasteiger partial charge >= 0.3 is 0 Å². The number of rotatable bonds is 2. The maximum Gasteiger partial charge on any atom is 0.259 e. The summed E-state index contributed by atoms with van der Waals surface area (Å²) in [6.45, 7) is 0.674. The molecule has 26 heavy (non-hydrogen) atoms. The molecule has 0 spiro atoms. The number of pyridine rings is 1.